The Balaban J connectivity index is 2.28. The van der Waals surface area contributed by atoms with E-state index in [1.54, 1.807) is 11.3 Å². The molecule has 0 radical (unpaired) electrons. The van der Waals surface area contributed by atoms with Crippen molar-refractivity contribution in [1.29, 1.82) is 0 Å². The molecule has 112 valence electrons. The second-order valence-electron chi connectivity index (χ2n) is 7.18. The van der Waals surface area contributed by atoms with E-state index < -0.39 is 0 Å². The maximum atomic E-state index is 12.3. The van der Waals surface area contributed by atoms with E-state index in [0.717, 1.165) is 24.8 Å². The standard InChI is InChI=1S/C16H26N2OS/c1-9(2)18-15(19)13-11-7-6-10(16(3,4)5)8-12(11)20-14(13)17/h9-10H,6-8,17H2,1-5H3,(H,18,19)/t10-/m0/s1. The summed E-state index contributed by atoms with van der Waals surface area (Å²) < 4.78 is 0. The van der Waals surface area contributed by atoms with Crippen molar-refractivity contribution < 1.29 is 4.79 Å². The highest BCUT2D eigenvalue weighted by atomic mass is 32.1. The number of nitrogen functional groups attached to an aromatic ring is 1. The van der Waals surface area contributed by atoms with Gasteiger partial charge in [-0.25, -0.2) is 0 Å². The first kappa shape index (κ1) is 15.4. The van der Waals surface area contributed by atoms with Crippen LogP contribution in [-0.4, -0.2) is 11.9 Å². The van der Waals surface area contributed by atoms with Crippen LogP contribution in [0.15, 0.2) is 0 Å². The monoisotopic (exact) mass is 294 g/mol. The van der Waals surface area contributed by atoms with Crippen LogP contribution in [0.5, 0.6) is 0 Å². The van der Waals surface area contributed by atoms with Crippen molar-refractivity contribution in [1.82, 2.24) is 5.32 Å². The van der Waals surface area contributed by atoms with Crippen LogP contribution in [0.3, 0.4) is 0 Å². The van der Waals surface area contributed by atoms with E-state index in [4.69, 9.17) is 5.73 Å². The quantitative estimate of drug-likeness (QED) is 0.875. The van der Waals surface area contributed by atoms with Crippen molar-refractivity contribution >= 4 is 22.2 Å². The molecular formula is C16H26N2OS. The summed E-state index contributed by atoms with van der Waals surface area (Å²) in [5.74, 6) is 0.665. The van der Waals surface area contributed by atoms with Gasteiger partial charge in [0.1, 0.15) is 0 Å². The van der Waals surface area contributed by atoms with Gasteiger partial charge in [0.2, 0.25) is 0 Å². The maximum Gasteiger partial charge on any atom is 0.254 e. The van der Waals surface area contributed by atoms with Crippen LogP contribution >= 0.6 is 11.3 Å². The molecule has 1 heterocycles. The van der Waals surface area contributed by atoms with E-state index in [0.29, 0.717) is 16.3 Å². The molecule has 1 aliphatic carbocycles. The number of rotatable bonds is 2. The Morgan fingerprint density at radius 3 is 2.60 bits per heavy atom. The molecule has 0 saturated heterocycles. The fourth-order valence-electron chi connectivity index (χ4n) is 2.93. The SMILES string of the molecule is CC(C)NC(=O)c1c(N)sc2c1CC[C@H](C(C)(C)C)C2. The minimum Gasteiger partial charge on any atom is -0.390 e. The topological polar surface area (TPSA) is 55.1 Å². The molecule has 0 aliphatic heterocycles. The molecule has 3 N–H and O–H groups in total. The van der Waals surface area contributed by atoms with Crippen molar-refractivity contribution in [3.8, 4) is 0 Å². The van der Waals surface area contributed by atoms with Gasteiger partial charge in [-0.2, -0.15) is 0 Å². The van der Waals surface area contributed by atoms with E-state index in [-0.39, 0.29) is 11.9 Å². The largest absolute Gasteiger partial charge is 0.390 e. The normalized spacial score (nSPS) is 19.0. The third kappa shape index (κ3) is 3.00. The summed E-state index contributed by atoms with van der Waals surface area (Å²) in [4.78, 5) is 13.6. The molecule has 1 amide bonds. The Morgan fingerprint density at radius 2 is 2.05 bits per heavy atom. The van der Waals surface area contributed by atoms with Crippen LogP contribution in [0.1, 0.15) is 61.8 Å². The molecule has 0 fully saturated rings. The number of carbonyl (C=O) groups is 1. The first-order valence-corrected chi connectivity index (χ1v) is 8.22. The van der Waals surface area contributed by atoms with Gasteiger partial charge in [0.05, 0.1) is 10.6 Å². The number of hydrogen-bond donors (Lipinski definition) is 2. The zero-order valence-corrected chi connectivity index (χ0v) is 14.0. The highest BCUT2D eigenvalue weighted by molar-refractivity contribution is 7.16. The molecule has 4 heteroatoms. The molecule has 20 heavy (non-hydrogen) atoms. The van der Waals surface area contributed by atoms with Crippen molar-refractivity contribution in [2.24, 2.45) is 11.3 Å². The first-order valence-electron chi connectivity index (χ1n) is 7.41. The lowest BCUT2D eigenvalue weighted by molar-refractivity contribution is 0.0943. The lowest BCUT2D eigenvalue weighted by Crippen LogP contribution is -2.32. The number of fused-ring (bicyclic) bond motifs is 1. The minimum atomic E-state index is -0.00999. The second-order valence-corrected chi connectivity index (χ2v) is 8.31. The van der Waals surface area contributed by atoms with Gasteiger partial charge in [0, 0.05) is 10.9 Å². The summed E-state index contributed by atoms with van der Waals surface area (Å²) in [6.45, 7) is 10.8. The predicted octanol–water partition coefficient (Wildman–Crippen LogP) is 3.62. The van der Waals surface area contributed by atoms with Gasteiger partial charge in [-0.05, 0) is 50.0 Å². The Bertz CT molecular complexity index is 511. The number of amides is 1. The van der Waals surface area contributed by atoms with E-state index in [9.17, 15) is 4.79 Å². The van der Waals surface area contributed by atoms with E-state index in [1.165, 1.54) is 10.4 Å². The van der Waals surface area contributed by atoms with Crippen LogP contribution in [-0.2, 0) is 12.8 Å². The fraction of sp³-hybridized carbons (Fsp3) is 0.688. The fourth-order valence-corrected chi connectivity index (χ4v) is 4.12. The molecule has 1 aliphatic rings. The molecule has 3 nitrogen and oxygen atoms in total. The van der Waals surface area contributed by atoms with E-state index >= 15 is 0 Å². The van der Waals surface area contributed by atoms with Crippen molar-refractivity contribution in [3.05, 3.63) is 16.0 Å². The van der Waals surface area contributed by atoms with Crippen LogP contribution in [0.25, 0.3) is 0 Å². The molecule has 0 saturated carbocycles. The molecule has 0 unspecified atom stereocenters. The highest BCUT2D eigenvalue weighted by Crippen LogP contribution is 2.43. The summed E-state index contributed by atoms with van der Waals surface area (Å²) in [7, 11) is 0. The van der Waals surface area contributed by atoms with Crippen LogP contribution < -0.4 is 11.1 Å². The van der Waals surface area contributed by atoms with Gasteiger partial charge in [-0.1, -0.05) is 20.8 Å². The third-order valence-electron chi connectivity index (χ3n) is 4.16. The summed E-state index contributed by atoms with van der Waals surface area (Å²) in [6.07, 6.45) is 3.18. The van der Waals surface area contributed by atoms with Crippen molar-refractivity contribution in [3.63, 3.8) is 0 Å². The molecule has 1 atom stereocenters. The highest BCUT2D eigenvalue weighted by Gasteiger charge is 2.33. The average molecular weight is 294 g/mol. The number of hydrogen-bond acceptors (Lipinski definition) is 3. The second kappa shape index (κ2) is 5.40. The van der Waals surface area contributed by atoms with Gasteiger partial charge >= 0.3 is 0 Å². The smallest absolute Gasteiger partial charge is 0.254 e. The number of thiophene rings is 1. The van der Waals surface area contributed by atoms with Crippen LogP contribution in [0, 0.1) is 11.3 Å². The third-order valence-corrected chi connectivity index (χ3v) is 5.25. The zero-order valence-electron chi connectivity index (χ0n) is 13.2. The van der Waals surface area contributed by atoms with Gasteiger partial charge in [-0.15, -0.1) is 11.3 Å². The molecule has 1 aromatic heterocycles. The average Bonchev–Trinajstić information content (AvgIpc) is 2.61. The van der Waals surface area contributed by atoms with Crippen molar-refractivity contribution in [2.75, 3.05) is 5.73 Å². The molecule has 1 aromatic rings. The number of nitrogens with one attached hydrogen (secondary N) is 1. The van der Waals surface area contributed by atoms with E-state index in [1.807, 2.05) is 13.8 Å². The van der Waals surface area contributed by atoms with E-state index in [2.05, 4.69) is 26.1 Å². The Hall–Kier alpha value is -1.03. The van der Waals surface area contributed by atoms with Gasteiger partial charge in [0.25, 0.3) is 5.91 Å². The summed E-state index contributed by atoms with van der Waals surface area (Å²) in [5, 5.41) is 3.65. The van der Waals surface area contributed by atoms with Gasteiger partial charge in [-0.3, -0.25) is 4.79 Å². The minimum absolute atomic E-state index is 0.00999. The Morgan fingerprint density at radius 1 is 1.40 bits per heavy atom. The first-order chi connectivity index (χ1) is 9.20. The maximum absolute atomic E-state index is 12.3. The lowest BCUT2D eigenvalue weighted by atomic mass is 9.72. The van der Waals surface area contributed by atoms with Gasteiger partial charge < -0.3 is 11.1 Å². The molecule has 0 spiro atoms. The van der Waals surface area contributed by atoms with Gasteiger partial charge in [0.15, 0.2) is 0 Å². The summed E-state index contributed by atoms with van der Waals surface area (Å²) >= 11 is 1.61. The Kier molecular flexibility index (Phi) is 4.14. The molecule has 0 bridgehead atoms. The Labute approximate surface area is 125 Å². The molecular weight excluding hydrogens is 268 g/mol. The molecule has 2 rings (SSSR count). The number of carbonyl (C=O) groups excluding carboxylic acids is 1. The molecule has 0 aromatic carbocycles. The summed E-state index contributed by atoms with van der Waals surface area (Å²) in [5.41, 5.74) is 8.37. The lowest BCUT2D eigenvalue weighted by Gasteiger charge is -2.33. The number of nitrogens with two attached hydrogens (primary N) is 1. The zero-order chi connectivity index (χ0) is 15.1. The van der Waals surface area contributed by atoms with Crippen LogP contribution in [0.4, 0.5) is 5.00 Å². The number of anilines is 1. The summed E-state index contributed by atoms with van der Waals surface area (Å²) in [6, 6.07) is 0.142. The van der Waals surface area contributed by atoms with Crippen molar-refractivity contribution in [2.45, 2.75) is 59.9 Å². The predicted molar refractivity (Wildman–Crippen MR) is 86.3 cm³/mol. The van der Waals surface area contributed by atoms with Crippen LogP contribution in [0.2, 0.25) is 0 Å².